The van der Waals surface area contributed by atoms with Gasteiger partial charge in [-0.1, -0.05) is 0 Å². The van der Waals surface area contributed by atoms with Crippen molar-refractivity contribution < 1.29 is 22.7 Å². The molecule has 0 aromatic heterocycles. The van der Waals surface area contributed by atoms with Crippen molar-refractivity contribution in [2.45, 2.75) is 32.5 Å². The predicted octanol–water partition coefficient (Wildman–Crippen LogP) is 2.10. The number of halogens is 3. The zero-order valence-electron chi connectivity index (χ0n) is 10.7. The van der Waals surface area contributed by atoms with Crippen molar-refractivity contribution in [2.75, 3.05) is 32.8 Å². The van der Waals surface area contributed by atoms with Gasteiger partial charge in [-0.3, -0.25) is 4.90 Å². The average Bonchev–Trinajstić information content (AvgIpc) is 2.50. The number of hydrogen-bond acceptors (Lipinski definition) is 3. The lowest BCUT2D eigenvalue weighted by atomic mass is 10.3. The maximum Gasteiger partial charge on any atom is 0.422 e. The highest BCUT2D eigenvalue weighted by molar-refractivity contribution is 5.67. The van der Waals surface area contributed by atoms with Crippen molar-refractivity contribution in [3.8, 4) is 0 Å². The standard InChI is InChI=1S/C11H19F3N2O2/c1-9(2)15-4-3-5-16(7-6-15)10(17)18-8-11(12,13)14/h9H,3-8H2,1-2H3. The molecule has 0 unspecified atom stereocenters. The fraction of sp³-hybridized carbons (Fsp3) is 0.909. The summed E-state index contributed by atoms with van der Waals surface area (Å²) in [4.78, 5) is 15.0. The largest absolute Gasteiger partial charge is 0.440 e. The summed E-state index contributed by atoms with van der Waals surface area (Å²) in [5.74, 6) is 0. The van der Waals surface area contributed by atoms with E-state index in [9.17, 15) is 18.0 Å². The monoisotopic (exact) mass is 268 g/mol. The smallest absolute Gasteiger partial charge is 0.422 e. The lowest BCUT2D eigenvalue weighted by molar-refractivity contribution is -0.162. The fourth-order valence-electron chi connectivity index (χ4n) is 1.87. The van der Waals surface area contributed by atoms with Crippen molar-refractivity contribution in [1.29, 1.82) is 0 Å². The third-order valence-corrected chi connectivity index (χ3v) is 2.88. The van der Waals surface area contributed by atoms with E-state index in [0.717, 1.165) is 13.0 Å². The molecule has 1 amide bonds. The fourth-order valence-corrected chi connectivity index (χ4v) is 1.87. The summed E-state index contributed by atoms with van der Waals surface area (Å²) in [6.07, 6.45) is -4.59. The van der Waals surface area contributed by atoms with Crippen molar-refractivity contribution in [3.63, 3.8) is 0 Å². The average molecular weight is 268 g/mol. The Morgan fingerprint density at radius 1 is 1.22 bits per heavy atom. The van der Waals surface area contributed by atoms with E-state index in [1.165, 1.54) is 4.90 Å². The van der Waals surface area contributed by atoms with E-state index in [1.54, 1.807) is 0 Å². The molecule has 0 N–H and O–H groups in total. The molecule has 0 aromatic rings. The van der Waals surface area contributed by atoms with Crippen molar-refractivity contribution in [2.24, 2.45) is 0 Å². The molecular weight excluding hydrogens is 249 g/mol. The van der Waals surface area contributed by atoms with E-state index in [1.807, 2.05) is 0 Å². The predicted molar refractivity (Wildman–Crippen MR) is 60.3 cm³/mol. The number of hydrogen-bond donors (Lipinski definition) is 0. The number of amides is 1. The second-order valence-electron chi connectivity index (χ2n) is 4.64. The summed E-state index contributed by atoms with van der Waals surface area (Å²) < 4.78 is 40.0. The van der Waals surface area contributed by atoms with E-state index < -0.39 is 18.9 Å². The Bertz CT molecular complexity index is 282. The molecule has 0 aliphatic carbocycles. The lowest BCUT2D eigenvalue weighted by Gasteiger charge is -2.24. The molecule has 1 aliphatic heterocycles. The van der Waals surface area contributed by atoms with Crippen LogP contribution in [0, 0.1) is 0 Å². The molecule has 4 nitrogen and oxygen atoms in total. The first kappa shape index (κ1) is 15.1. The van der Waals surface area contributed by atoms with Gasteiger partial charge in [0.05, 0.1) is 0 Å². The van der Waals surface area contributed by atoms with Crippen molar-refractivity contribution >= 4 is 6.09 Å². The highest BCUT2D eigenvalue weighted by Crippen LogP contribution is 2.15. The quantitative estimate of drug-likeness (QED) is 0.769. The van der Waals surface area contributed by atoms with Gasteiger partial charge in [0.2, 0.25) is 0 Å². The van der Waals surface area contributed by atoms with Crippen LogP contribution in [-0.2, 0) is 4.74 Å². The first-order chi connectivity index (χ1) is 8.29. The van der Waals surface area contributed by atoms with Gasteiger partial charge in [-0.15, -0.1) is 0 Å². The highest BCUT2D eigenvalue weighted by atomic mass is 19.4. The topological polar surface area (TPSA) is 32.8 Å². The Balaban J connectivity index is 2.40. The summed E-state index contributed by atoms with van der Waals surface area (Å²) in [6.45, 7) is 4.96. The third-order valence-electron chi connectivity index (χ3n) is 2.88. The maximum absolute atomic E-state index is 11.9. The second-order valence-corrected chi connectivity index (χ2v) is 4.64. The second kappa shape index (κ2) is 6.26. The lowest BCUT2D eigenvalue weighted by Crippen LogP contribution is -2.38. The van der Waals surface area contributed by atoms with Crippen LogP contribution in [0.3, 0.4) is 0 Å². The van der Waals surface area contributed by atoms with E-state index >= 15 is 0 Å². The molecular formula is C11H19F3N2O2. The van der Waals surface area contributed by atoms with Crippen LogP contribution >= 0.6 is 0 Å². The number of alkyl halides is 3. The van der Waals surface area contributed by atoms with Gasteiger partial charge in [-0.2, -0.15) is 13.2 Å². The van der Waals surface area contributed by atoms with Crippen LogP contribution in [0.5, 0.6) is 0 Å². The maximum atomic E-state index is 11.9. The molecule has 0 spiro atoms. The van der Waals surface area contributed by atoms with Crippen LogP contribution in [0.15, 0.2) is 0 Å². The first-order valence-electron chi connectivity index (χ1n) is 6.02. The van der Waals surface area contributed by atoms with Crippen LogP contribution in [0.25, 0.3) is 0 Å². The van der Waals surface area contributed by atoms with Gasteiger partial charge >= 0.3 is 12.3 Å². The Hall–Kier alpha value is -0.980. The normalized spacial score (nSPS) is 18.9. The molecule has 18 heavy (non-hydrogen) atoms. The van der Waals surface area contributed by atoms with Crippen LogP contribution in [0.1, 0.15) is 20.3 Å². The molecule has 1 heterocycles. The molecule has 1 fully saturated rings. The van der Waals surface area contributed by atoms with E-state index in [4.69, 9.17) is 0 Å². The van der Waals surface area contributed by atoms with Gasteiger partial charge in [0.25, 0.3) is 0 Å². The zero-order chi connectivity index (χ0) is 13.8. The minimum atomic E-state index is -4.47. The SMILES string of the molecule is CC(C)N1CCCN(C(=O)OCC(F)(F)F)CC1. The van der Waals surface area contributed by atoms with Gasteiger partial charge in [-0.05, 0) is 20.3 Å². The number of nitrogens with zero attached hydrogens (tertiary/aromatic N) is 2. The first-order valence-corrected chi connectivity index (χ1v) is 6.02. The molecule has 0 atom stereocenters. The van der Waals surface area contributed by atoms with Crippen LogP contribution in [0.2, 0.25) is 0 Å². The van der Waals surface area contributed by atoms with Crippen molar-refractivity contribution in [1.82, 2.24) is 9.80 Å². The van der Waals surface area contributed by atoms with Crippen LogP contribution < -0.4 is 0 Å². The molecule has 0 aromatic carbocycles. The Labute approximate surface area is 105 Å². The molecule has 106 valence electrons. The molecule has 7 heteroatoms. The van der Waals surface area contributed by atoms with Gasteiger partial charge < -0.3 is 9.64 Å². The van der Waals surface area contributed by atoms with Crippen molar-refractivity contribution in [3.05, 3.63) is 0 Å². The summed E-state index contributed by atoms with van der Waals surface area (Å²) in [5.41, 5.74) is 0. The van der Waals surface area contributed by atoms with Gasteiger partial charge in [0, 0.05) is 32.2 Å². The number of carbonyl (C=O) groups excluding carboxylic acids is 1. The van der Waals surface area contributed by atoms with Crippen LogP contribution in [0.4, 0.5) is 18.0 Å². The molecule has 0 saturated carbocycles. The van der Waals surface area contributed by atoms with E-state index in [-0.39, 0.29) is 0 Å². The number of carbonyl (C=O) groups is 1. The highest BCUT2D eigenvalue weighted by Gasteiger charge is 2.31. The molecule has 0 bridgehead atoms. The van der Waals surface area contributed by atoms with Gasteiger partial charge in [0.15, 0.2) is 6.61 Å². The summed E-state index contributed by atoms with van der Waals surface area (Å²) in [7, 11) is 0. The Morgan fingerprint density at radius 2 is 1.89 bits per heavy atom. The molecule has 1 rings (SSSR count). The molecule has 1 aliphatic rings. The summed E-state index contributed by atoms with van der Waals surface area (Å²) >= 11 is 0. The Kier molecular flexibility index (Phi) is 5.25. The molecule has 0 radical (unpaired) electrons. The third kappa shape index (κ3) is 5.12. The van der Waals surface area contributed by atoms with Gasteiger partial charge in [0.1, 0.15) is 0 Å². The van der Waals surface area contributed by atoms with E-state index in [2.05, 4.69) is 23.5 Å². The number of ether oxygens (including phenoxy) is 1. The minimum Gasteiger partial charge on any atom is -0.440 e. The Morgan fingerprint density at radius 3 is 2.44 bits per heavy atom. The summed E-state index contributed by atoms with van der Waals surface area (Å²) in [5, 5.41) is 0. The zero-order valence-corrected chi connectivity index (χ0v) is 10.7. The number of rotatable bonds is 2. The molecule has 1 saturated heterocycles. The van der Waals surface area contributed by atoms with E-state index in [0.29, 0.717) is 25.7 Å². The van der Waals surface area contributed by atoms with Crippen LogP contribution in [-0.4, -0.2) is 60.9 Å². The summed E-state index contributed by atoms with van der Waals surface area (Å²) in [6, 6.07) is 0.371. The minimum absolute atomic E-state index is 0.371. The van der Waals surface area contributed by atoms with Gasteiger partial charge in [-0.25, -0.2) is 4.79 Å².